The van der Waals surface area contributed by atoms with Gasteiger partial charge in [-0.15, -0.1) is 0 Å². The van der Waals surface area contributed by atoms with Crippen molar-refractivity contribution in [2.45, 2.75) is 13.5 Å². The second-order valence-corrected chi connectivity index (χ2v) is 5.09. The van der Waals surface area contributed by atoms with Gasteiger partial charge in [-0.2, -0.15) is 0 Å². The molecule has 1 aromatic carbocycles. The van der Waals surface area contributed by atoms with E-state index in [0.717, 1.165) is 11.1 Å². The molecule has 0 fully saturated rings. The molecule has 0 bridgehead atoms. The Bertz CT molecular complexity index is 643. The van der Waals surface area contributed by atoms with E-state index in [-0.39, 0.29) is 5.91 Å². The van der Waals surface area contributed by atoms with Crippen molar-refractivity contribution < 1.29 is 4.79 Å². The van der Waals surface area contributed by atoms with Crippen molar-refractivity contribution in [3.63, 3.8) is 0 Å². The number of rotatable bonds is 3. The van der Waals surface area contributed by atoms with E-state index < -0.39 is 0 Å². The van der Waals surface area contributed by atoms with Crippen LogP contribution in [0.2, 0.25) is 5.02 Å². The number of carbonyl (C=O) groups is 1. The maximum absolute atomic E-state index is 12.4. The Morgan fingerprint density at radius 2 is 2.15 bits per heavy atom. The highest BCUT2D eigenvalue weighted by Crippen LogP contribution is 2.21. The third kappa shape index (κ3) is 3.08. The van der Waals surface area contributed by atoms with Gasteiger partial charge in [-0.1, -0.05) is 17.7 Å². The first-order valence-corrected chi connectivity index (χ1v) is 6.58. The van der Waals surface area contributed by atoms with Crippen LogP contribution < -0.4 is 5.73 Å². The SMILES string of the molecule is Cc1cccnc1C(=O)N(C)Cc1cc(N)ccc1Cl. The van der Waals surface area contributed by atoms with Gasteiger partial charge in [0.1, 0.15) is 5.69 Å². The van der Waals surface area contributed by atoms with Crippen molar-refractivity contribution in [3.05, 3.63) is 58.4 Å². The molecule has 0 saturated heterocycles. The first-order chi connectivity index (χ1) is 9.49. The first kappa shape index (κ1) is 14.3. The molecule has 0 spiro atoms. The Labute approximate surface area is 123 Å². The summed E-state index contributed by atoms with van der Waals surface area (Å²) in [7, 11) is 1.72. The summed E-state index contributed by atoms with van der Waals surface area (Å²) in [4.78, 5) is 18.1. The number of hydrogen-bond donors (Lipinski definition) is 1. The molecule has 0 atom stereocenters. The zero-order chi connectivity index (χ0) is 14.7. The number of hydrogen-bond acceptors (Lipinski definition) is 3. The lowest BCUT2D eigenvalue weighted by Gasteiger charge is -2.18. The number of nitrogen functional groups attached to an aromatic ring is 1. The van der Waals surface area contributed by atoms with Gasteiger partial charge in [-0.25, -0.2) is 0 Å². The number of amides is 1. The van der Waals surface area contributed by atoms with Crippen LogP contribution in [0, 0.1) is 6.92 Å². The molecule has 0 unspecified atom stereocenters. The fraction of sp³-hybridized carbons (Fsp3) is 0.200. The minimum atomic E-state index is -0.137. The van der Waals surface area contributed by atoms with Crippen LogP contribution in [0.25, 0.3) is 0 Å². The molecule has 1 heterocycles. The summed E-state index contributed by atoms with van der Waals surface area (Å²) >= 11 is 6.11. The van der Waals surface area contributed by atoms with Gasteiger partial charge in [0.05, 0.1) is 0 Å². The average Bonchev–Trinajstić information content (AvgIpc) is 2.42. The molecule has 1 aromatic heterocycles. The average molecular weight is 290 g/mol. The predicted molar refractivity (Wildman–Crippen MR) is 80.6 cm³/mol. The summed E-state index contributed by atoms with van der Waals surface area (Å²) in [5.41, 5.74) is 8.48. The topological polar surface area (TPSA) is 59.2 Å². The predicted octanol–water partition coefficient (Wildman–Crippen LogP) is 2.90. The van der Waals surface area contributed by atoms with Crippen molar-refractivity contribution in [3.8, 4) is 0 Å². The highest BCUT2D eigenvalue weighted by Gasteiger charge is 2.16. The first-order valence-electron chi connectivity index (χ1n) is 6.20. The van der Waals surface area contributed by atoms with Crippen molar-refractivity contribution >= 4 is 23.2 Å². The number of benzene rings is 1. The van der Waals surface area contributed by atoms with E-state index in [9.17, 15) is 4.79 Å². The standard InChI is InChI=1S/C15H16ClN3O/c1-10-4-3-7-18-14(10)15(20)19(2)9-11-8-12(17)5-6-13(11)16/h3-8H,9,17H2,1-2H3. The largest absolute Gasteiger partial charge is 0.399 e. The molecule has 1 amide bonds. The normalized spacial score (nSPS) is 10.3. The lowest BCUT2D eigenvalue weighted by molar-refractivity contribution is 0.0778. The lowest BCUT2D eigenvalue weighted by Crippen LogP contribution is -2.27. The number of halogens is 1. The number of nitrogens with zero attached hydrogens (tertiary/aromatic N) is 2. The minimum Gasteiger partial charge on any atom is -0.399 e. The van der Waals surface area contributed by atoms with Crippen LogP contribution in [0.5, 0.6) is 0 Å². The summed E-state index contributed by atoms with van der Waals surface area (Å²) in [6.45, 7) is 2.25. The number of aromatic nitrogens is 1. The van der Waals surface area contributed by atoms with Crippen molar-refractivity contribution in [2.75, 3.05) is 12.8 Å². The van der Waals surface area contributed by atoms with E-state index in [2.05, 4.69) is 4.98 Å². The lowest BCUT2D eigenvalue weighted by atomic mass is 10.1. The Kier molecular flexibility index (Phi) is 4.25. The number of carbonyl (C=O) groups excluding carboxylic acids is 1. The molecular weight excluding hydrogens is 274 g/mol. The number of pyridine rings is 1. The molecule has 104 valence electrons. The Balaban J connectivity index is 2.20. The number of nitrogens with two attached hydrogens (primary N) is 1. The van der Waals surface area contributed by atoms with E-state index in [0.29, 0.717) is 22.9 Å². The fourth-order valence-electron chi connectivity index (χ4n) is 1.93. The number of anilines is 1. The van der Waals surface area contributed by atoms with Gasteiger partial charge in [0.2, 0.25) is 0 Å². The van der Waals surface area contributed by atoms with Crippen molar-refractivity contribution in [2.24, 2.45) is 0 Å². The van der Waals surface area contributed by atoms with Crippen LogP contribution in [-0.2, 0) is 6.54 Å². The minimum absolute atomic E-state index is 0.137. The second kappa shape index (κ2) is 5.92. The maximum Gasteiger partial charge on any atom is 0.272 e. The smallest absolute Gasteiger partial charge is 0.272 e. The summed E-state index contributed by atoms with van der Waals surface area (Å²) in [6, 6.07) is 8.91. The van der Waals surface area contributed by atoms with Crippen LogP contribution in [-0.4, -0.2) is 22.8 Å². The Hall–Kier alpha value is -2.07. The van der Waals surface area contributed by atoms with Gasteiger partial charge in [-0.3, -0.25) is 9.78 Å². The summed E-state index contributed by atoms with van der Waals surface area (Å²) in [6.07, 6.45) is 1.61. The quantitative estimate of drug-likeness (QED) is 0.884. The van der Waals surface area contributed by atoms with E-state index in [4.69, 9.17) is 17.3 Å². The molecule has 5 heteroatoms. The zero-order valence-electron chi connectivity index (χ0n) is 11.4. The van der Waals surface area contributed by atoms with E-state index in [1.807, 2.05) is 13.0 Å². The maximum atomic E-state index is 12.4. The third-order valence-corrected chi connectivity index (χ3v) is 3.40. The third-order valence-electron chi connectivity index (χ3n) is 3.04. The Morgan fingerprint density at radius 1 is 1.40 bits per heavy atom. The van der Waals surface area contributed by atoms with Gasteiger partial charge in [0.15, 0.2) is 0 Å². The van der Waals surface area contributed by atoms with E-state index in [1.165, 1.54) is 0 Å². The van der Waals surface area contributed by atoms with Crippen LogP contribution in [0.15, 0.2) is 36.5 Å². The van der Waals surface area contributed by atoms with Gasteiger partial charge < -0.3 is 10.6 Å². The molecule has 2 aromatic rings. The molecule has 0 radical (unpaired) electrons. The monoisotopic (exact) mass is 289 g/mol. The molecule has 2 N–H and O–H groups in total. The fourth-order valence-corrected chi connectivity index (χ4v) is 2.11. The zero-order valence-corrected chi connectivity index (χ0v) is 12.2. The molecule has 0 aliphatic rings. The van der Waals surface area contributed by atoms with Crippen LogP contribution in [0.4, 0.5) is 5.69 Å². The molecule has 20 heavy (non-hydrogen) atoms. The van der Waals surface area contributed by atoms with Crippen LogP contribution in [0.1, 0.15) is 21.6 Å². The Morgan fingerprint density at radius 3 is 2.85 bits per heavy atom. The van der Waals surface area contributed by atoms with Gasteiger partial charge in [0.25, 0.3) is 5.91 Å². The molecule has 2 rings (SSSR count). The summed E-state index contributed by atoms with van der Waals surface area (Å²) in [5.74, 6) is -0.137. The molecule has 0 saturated carbocycles. The molecule has 0 aliphatic carbocycles. The van der Waals surface area contributed by atoms with Gasteiger partial charge in [0, 0.05) is 30.5 Å². The highest BCUT2D eigenvalue weighted by atomic mass is 35.5. The van der Waals surface area contributed by atoms with Crippen molar-refractivity contribution in [1.82, 2.24) is 9.88 Å². The molecule has 0 aliphatic heterocycles. The highest BCUT2D eigenvalue weighted by molar-refractivity contribution is 6.31. The van der Waals surface area contributed by atoms with Crippen LogP contribution >= 0.6 is 11.6 Å². The van der Waals surface area contributed by atoms with Crippen molar-refractivity contribution in [1.29, 1.82) is 0 Å². The number of aryl methyl sites for hydroxylation is 1. The van der Waals surface area contributed by atoms with E-state index >= 15 is 0 Å². The van der Waals surface area contributed by atoms with E-state index in [1.54, 1.807) is 42.4 Å². The van der Waals surface area contributed by atoms with Gasteiger partial charge in [-0.05, 0) is 42.3 Å². The summed E-state index contributed by atoms with van der Waals surface area (Å²) in [5, 5.41) is 0.594. The second-order valence-electron chi connectivity index (χ2n) is 4.68. The molecular formula is C15H16ClN3O. The summed E-state index contributed by atoms with van der Waals surface area (Å²) < 4.78 is 0. The molecule has 4 nitrogen and oxygen atoms in total. The van der Waals surface area contributed by atoms with Crippen LogP contribution in [0.3, 0.4) is 0 Å². The van der Waals surface area contributed by atoms with Gasteiger partial charge >= 0.3 is 0 Å².